The Morgan fingerprint density at radius 2 is 1.68 bits per heavy atom. The number of hydrogen-bond acceptors (Lipinski definition) is 1. The summed E-state index contributed by atoms with van der Waals surface area (Å²) in [6.07, 6.45) is 0. The van der Waals surface area contributed by atoms with Crippen LogP contribution >= 0.6 is 11.6 Å². The van der Waals surface area contributed by atoms with E-state index in [1.54, 1.807) is 6.07 Å². The van der Waals surface area contributed by atoms with E-state index in [1.165, 1.54) is 0 Å². The fourth-order valence-electron chi connectivity index (χ4n) is 2.60. The highest BCUT2D eigenvalue weighted by Gasteiger charge is 2.12. The molecule has 0 spiro atoms. The van der Waals surface area contributed by atoms with Crippen LogP contribution in [0.2, 0.25) is 5.02 Å². The van der Waals surface area contributed by atoms with Gasteiger partial charge in [-0.05, 0) is 23.6 Å². The van der Waals surface area contributed by atoms with Crippen LogP contribution in [-0.2, 0) is 0 Å². The molecule has 2 radical (unpaired) electrons. The molecule has 1 heterocycles. The fraction of sp³-hybridized carbons (Fsp3) is 0. The van der Waals surface area contributed by atoms with Gasteiger partial charge in [-0.2, -0.15) is 0 Å². The number of furan rings is 1. The smallest absolute Gasteiger partial charge is 0.143 e. The topological polar surface area (TPSA) is 13.1 Å². The molecular formula is C16H8BClO. The minimum Gasteiger partial charge on any atom is -0.456 e. The first kappa shape index (κ1) is 10.9. The third kappa shape index (κ3) is 1.50. The van der Waals surface area contributed by atoms with Crippen LogP contribution in [0, 0.1) is 0 Å². The lowest BCUT2D eigenvalue weighted by Crippen LogP contribution is -2.01. The Kier molecular flexibility index (Phi) is 2.18. The summed E-state index contributed by atoms with van der Waals surface area (Å²) in [6.45, 7) is 0. The maximum atomic E-state index is 6.08. The molecule has 1 aromatic heterocycles. The highest BCUT2D eigenvalue weighted by Crippen LogP contribution is 2.34. The highest BCUT2D eigenvalue weighted by molar-refractivity contribution is 6.42. The van der Waals surface area contributed by atoms with Crippen molar-refractivity contribution in [3.8, 4) is 0 Å². The molecule has 19 heavy (non-hydrogen) atoms. The maximum absolute atomic E-state index is 6.08. The first-order valence-electron chi connectivity index (χ1n) is 6.03. The minimum atomic E-state index is 0.572. The van der Waals surface area contributed by atoms with Crippen molar-refractivity contribution in [2.45, 2.75) is 0 Å². The summed E-state index contributed by atoms with van der Waals surface area (Å²) >= 11 is 6.08. The molecule has 0 saturated heterocycles. The number of benzene rings is 3. The molecule has 0 atom stereocenters. The molecule has 88 valence electrons. The van der Waals surface area contributed by atoms with Gasteiger partial charge >= 0.3 is 0 Å². The van der Waals surface area contributed by atoms with E-state index in [9.17, 15) is 0 Å². The Labute approximate surface area is 116 Å². The molecule has 3 heteroatoms. The second-order valence-corrected chi connectivity index (χ2v) is 5.07. The number of hydrogen-bond donors (Lipinski definition) is 0. The van der Waals surface area contributed by atoms with Gasteiger partial charge in [-0.25, -0.2) is 0 Å². The van der Waals surface area contributed by atoms with Crippen molar-refractivity contribution in [2.75, 3.05) is 0 Å². The van der Waals surface area contributed by atoms with Gasteiger partial charge < -0.3 is 4.42 Å². The third-order valence-electron chi connectivity index (χ3n) is 3.46. The number of rotatable bonds is 0. The second-order valence-electron chi connectivity index (χ2n) is 4.64. The van der Waals surface area contributed by atoms with Gasteiger partial charge in [0.1, 0.15) is 19.0 Å². The predicted octanol–water partition coefficient (Wildman–Crippen LogP) is 4.19. The van der Waals surface area contributed by atoms with Crippen LogP contribution in [0.4, 0.5) is 0 Å². The Morgan fingerprint density at radius 3 is 2.58 bits per heavy atom. The first-order valence-corrected chi connectivity index (χ1v) is 6.41. The summed E-state index contributed by atoms with van der Waals surface area (Å²) in [6, 6.07) is 15.9. The predicted molar refractivity (Wildman–Crippen MR) is 81.6 cm³/mol. The summed E-state index contributed by atoms with van der Waals surface area (Å²) in [5.41, 5.74) is 2.14. The van der Waals surface area contributed by atoms with E-state index >= 15 is 0 Å². The number of halogens is 1. The molecule has 0 unspecified atom stereocenters. The van der Waals surface area contributed by atoms with E-state index in [2.05, 4.69) is 24.3 Å². The van der Waals surface area contributed by atoms with E-state index in [4.69, 9.17) is 23.9 Å². The van der Waals surface area contributed by atoms with Crippen LogP contribution < -0.4 is 5.46 Å². The Hall–Kier alpha value is -1.93. The van der Waals surface area contributed by atoms with E-state index in [0.29, 0.717) is 16.1 Å². The van der Waals surface area contributed by atoms with Crippen molar-refractivity contribution < 1.29 is 4.42 Å². The molecule has 1 nitrogen and oxygen atoms in total. The monoisotopic (exact) mass is 262 g/mol. The molecule has 0 aliphatic rings. The van der Waals surface area contributed by atoms with Crippen molar-refractivity contribution in [3.05, 3.63) is 53.6 Å². The van der Waals surface area contributed by atoms with Crippen LogP contribution in [0.5, 0.6) is 0 Å². The van der Waals surface area contributed by atoms with E-state index < -0.39 is 0 Å². The Balaban J connectivity index is 2.31. The highest BCUT2D eigenvalue weighted by atomic mass is 35.5. The summed E-state index contributed by atoms with van der Waals surface area (Å²) in [5.74, 6) is 0. The SMILES string of the molecule is [B]c1cc(Cl)cc2c1oc1c3ccccc3ccc21. The second kappa shape index (κ2) is 3.78. The van der Waals surface area contributed by atoms with E-state index in [0.717, 1.165) is 27.1 Å². The van der Waals surface area contributed by atoms with Crippen molar-refractivity contribution in [3.63, 3.8) is 0 Å². The van der Waals surface area contributed by atoms with Gasteiger partial charge in [-0.3, -0.25) is 0 Å². The molecule has 0 amide bonds. The van der Waals surface area contributed by atoms with Gasteiger partial charge in [-0.15, -0.1) is 0 Å². The Bertz CT molecular complexity index is 940. The van der Waals surface area contributed by atoms with Crippen LogP contribution in [0.15, 0.2) is 52.9 Å². The van der Waals surface area contributed by atoms with E-state index in [-0.39, 0.29) is 0 Å². The van der Waals surface area contributed by atoms with Crippen LogP contribution in [0.1, 0.15) is 0 Å². The van der Waals surface area contributed by atoms with Crippen molar-refractivity contribution in [2.24, 2.45) is 0 Å². The van der Waals surface area contributed by atoms with Crippen molar-refractivity contribution >= 4 is 57.6 Å². The van der Waals surface area contributed by atoms with Crippen LogP contribution in [0.25, 0.3) is 32.7 Å². The zero-order valence-corrected chi connectivity index (χ0v) is 10.7. The quantitative estimate of drug-likeness (QED) is 0.433. The summed E-state index contributed by atoms with van der Waals surface area (Å²) in [4.78, 5) is 0. The lowest BCUT2D eigenvalue weighted by Gasteiger charge is -1.97. The number of fused-ring (bicyclic) bond motifs is 5. The normalized spacial score (nSPS) is 11.6. The van der Waals surface area contributed by atoms with Crippen molar-refractivity contribution in [1.82, 2.24) is 0 Å². The molecule has 0 aliphatic carbocycles. The molecule has 4 aromatic rings. The molecule has 0 aliphatic heterocycles. The maximum Gasteiger partial charge on any atom is 0.143 e. The molecule has 4 rings (SSSR count). The largest absolute Gasteiger partial charge is 0.456 e. The van der Waals surface area contributed by atoms with Gasteiger partial charge in [0.2, 0.25) is 0 Å². The zero-order chi connectivity index (χ0) is 13.0. The third-order valence-corrected chi connectivity index (χ3v) is 3.67. The molecule has 0 fully saturated rings. The molecule has 0 bridgehead atoms. The van der Waals surface area contributed by atoms with Crippen LogP contribution in [0.3, 0.4) is 0 Å². The van der Waals surface area contributed by atoms with Crippen LogP contribution in [-0.4, -0.2) is 7.85 Å². The van der Waals surface area contributed by atoms with E-state index in [1.807, 2.05) is 18.2 Å². The molecule has 3 aromatic carbocycles. The Morgan fingerprint density at radius 1 is 0.842 bits per heavy atom. The fourth-order valence-corrected chi connectivity index (χ4v) is 2.82. The van der Waals surface area contributed by atoms with Gasteiger partial charge in [0, 0.05) is 21.2 Å². The summed E-state index contributed by atoms with van der Waals surface area (Å²) in [5, 5.41) is 4.87. The van der Waals surface area contributed by atoms with Gasteiger partial charge in [0.25, 0.3) is 0 Å². The first-order chi connectivity index (χ1) is 9.24. The summed E-state index contributed by atoms with van der Waals surface area (Å²) < 4.78 is 5.97. The van der Waals surface area contributed by atoms with Gasteiger partial charge in [0.05, 0.1) is 0 Å². The van der Waals surface area contributed by atoms with Crippen molar-refractivity contribution in [1.29, 1.82) is 0 Å². The molecule has 0 N–H and O–H groups in total. The average molecular weight is 263 g/mol. The lowest BCUT2D eigenvalue weighted by molar-refractivity contribution is 0.675. The lowest BCUT2D eigenvalue weighted by atomic mass is 9.94. The molecule has 0 saturated carbocycles. The van der Waals surface area contributed by atoms with Gasteiger partial charge in [-0.1, -0.05) is 47.4 Å². The standard InChI is InChI=1S/C16H8BClO/c17-14-8-10(18)7-13-12-6-5-9-3-1-2-4-11(9)15(12)19-16(13)14/h1-8H. The van der Waals surface area contributed by atoms with Gasteiger partial charge in [0.15, 0.2) is 0 Å². The zero-order valence-electron chi connectivity index (χ0n) is 9.98. The molecular weight excluding hydrogens is 254 g/mol. The summed E-state index contributed by atoms with van der Waals surface area (Å²) in [7, 11) is 5.99. The average Bonchev–Trinajstić information content (AvgIpc) is 2.78. The minimum absolute atomic E-state index is 0.572.